The number of carboxylic acid groups (broad SMARTS) is 1. The number of hydrogen-bond donors (Lipinski definition) is 3. The van der Waals surface area contributed by atoms with E-state index in [4.69, 9.17) is 0 Å². The van der Waals surface area contributed by atoms with Crippen LogP contribution < -0.4 is 10.5 Å². The predicted molar refractivity (Wildman–Crippen MR) is 107 cm³/mol. The number of aromatic carboxylic acids is 1. The number of piperidine rings is 1. The molecule has 1 aromatic carbocycles. The number of hydrogen-bond acceptors (Lipinski definition) is 5. The van der Waals surface area contributed by atoms with Crippen LogP contribution in [-0.4, -0.2) is 59.3 Å². The molecule has 28 heavy (non-hydrogen) atoms. The van der Waals surface area contributed by atoms with Gasteiger partial charge in [-0.1, -0.05) is 19.1 Å². The molecule has 148 valence electrons. The summed E-state index contributed by atoms with van der Waals surface area (Å²) in [6.07, 6.45) is 0.404. The quantitative estimate of drug-likeness (QED) is 0.731. The van der Waals surface area contributed by atoms with Crippen LogP contribution in [0.25, 0.3) is 11.3 Å². The van der Waals surface area contributed by atoms with Crippen molar-refractivity contribution in [3.8, 4) is 17.0 Å². The van der Waals surface area contributed by atoms with Crippen LogP contribution in [0.2, 0.25) is 0 Å². The second kappa shape index (κ2) is 6.67. The zero-order valence-corrected chi connectivity index (χ0v) is 16.3. The van der Waals surface area contributed by atoms with E-state index in [-0.39, 0.29) is 0 Å². The Kier molecular flexibility index (Phi) is 4.42. The van der Waals surface area contributed by atoms with Crippen LogP contribution in [0.4, 0.5) is 5.69 Å². The number of nitrogens with zero attached hydrogens (tertiary/aromatic N) is 2. The molecular weight excluding hydrogens is 358 g/mol. The molecule has 7 heteroatoms. The molecule has 4 rings (SSSR count). The molecule has 1 saturated heterocycles. The Morgan fingerprint density at radius 3 is 2.32 bits per heavy atom. The Balaban J connectivity index is 1.60. The van der Waals surface area contributed by atoms with Crippen LogP contribution in [0.3, 0.4) is 0 Å². The summed E-state index contributed by atoms with van der Waals surface area (Å²) in [7, 11) is 4.28. The molecular formula is C21H25N3O4. The van der Waals surface area contributed by atoms with Gasteiger partial charge in [0.25, 0.3) is 5.56 Å². The fourth-order valence-corrected chi connectivity index (χ4v) is 4.73. The first kappa shape index (κ1) is 18.6. The fourth-order valence-electron chi connectivity index (χ4n) is 4.73. The maximum absolute atomic E-state index is 12.1. The van der Waals surface area contributed by atoms with Crippen molar-refractivity contribution in [3.63, 3.8) is 0 Å². The Hall–Kier alpha value is -2.80. The van der Waals surface area contributed by atoms with Crippen LogP contribution in [0.15, 0.2) is 29.1 Å². The number of aromatic hydroxyl groups is 1. The number of aromatic nitrogens is 1. The van der Waals surface area contributed by atoms with Crippen molar-refractivity contribution in [3.05, 3.63) is 45.7 Å². The minimum Gasteiger partial charge on any atom is -0.506 e. The van der Waals surface area contributed by atoms with Gasteiger partial charge in [-0.05, 0) is 50.0 Å². The van der Waals surface area contributed by atoms with Gasteiger partial charge in [0.1, 0.15) is 5.75 Å². The van der Waals surface area contributed by atoms with Gasteiger partial charge in [0.15, 0.2) is 5.56 Å². The van der Waals surface area contributed by atoms with Crippen molar-refractivity contribution in [2.24, 2.45) is 11.8 Å². The summed E-state index contributed by atoms with van der Waals surface area (Å²) in [6.45, 7) is 3.92. The number of anilines is 1. The SMILES string of the molecule is CCc1c(-c2ccc(N3C[C@@H]4[C@H](C3)[C@H]4N(C)C)cc2)[nH]c(=O)c(C(=O)O)c1O. The highest BCUT2D eigenvalue weighted by Crippen LogP contribution is 2.49. The molecule has 7 nitrogen and oxygen atoms in total. The van der Waals surface area contributed by atoms with Gasteiger partial charge in [-0.2, -0.15) is 0 Å². The van der Waals surface area contributed by atoms with Gasteiger partial charge in [0.2, 0.25) is 0 Å². The van der Waals surface area contributed by atoms with Crippen molar-refractivity contribution in [2.45, 2.75) is 19.4 Å². The van der Waals surface area contributed by atoms with E-state index in [1.807, 2.05) is 31.2 Å². The van der Waals surface area contributed by atoms with Gasteiger partial charge < -0.3 is 25.0 Å². The Bertz CT molecular complexity index is 968. The topological polar surface area (TPSA) is 96.9 Å². The molecule has 0 radical (unpaired) electrons. The van der Waals surface area contributed by atoms with E-state index in [2.05, 4.69) is 28.9 Å². The van der Waals surface area contributed by atoms with E-state index in [9.17, 15) is 19.8 Å². The number of nitrogens with one attached hydrogen (secondary N) is 1. The molecule has 0 bridgehead atoms. The second-order valence-electron chi connectivity index (χ2n) is 7.92. The predicted octanol–water partition coefficient (Wildman–Crippen LogP) is 2.00. The number of pyridine rings is 1. The number of benzene rings is 1. The average molecular weight is 383 g/mol. The Labute approximate surface area is 163 Å². The highest BCUT2D eigenvalue weighted by atomic mass is 16.4. The second-order valence-corrected chi connectivity index (χ2v) is 7.92. The van der Waals surface area contributed by atoms with E-state index in [1.54, 1.807) is 0 Å². The molecule has 1 saturated carbocycles. The summed E-state index contributed by atoms with van der Waals surface area (Å²) in [4.78, 5) is 30.7. The van der Waals surface area contributed by atoms with Crippen LogP contribution in [0.5, 0.6) is 5.75 Å². The van der Waals surface area contributed by atoms with Crippen molar-refractivity contribution >= 4 is 11.7 Å². The zero-order valence-electron chi connectivity index (χ0n) is 16.3. The van der Waals surface area contributed by atoms with Gasteiger partial charge in [-0.25, -0.2) is 4.79 Å². The van der Waals surface area contributed by atoms with Crippen molar-refractivity contribution in [2.75, 3.05) is 32.1 Å². The van der Waals surface area contributed by atoms with Crippen molar-refractivity contribution in [1.29, 1.82) is 0 Å². The van der Waals surface area contributed by atoms with Gasteiger partial charge in [0, 0.05) is 30.4 Å². The molecule has 1 aliphatic heterocycles. The van der Waals surface area contributed by atoms with E-state index >= 15 is 0 Å². The third-order valence-electron chi connectivity index (χ3n) is 6.12. The third kappa shape index (κ3) is 2.86. The average Bonchev–Trinajstić information content (AvgIpc) is 3.16. The third-order valence-corrected chi connectivity index (χ3v) is 6.12. The van der Waals surface area contributed by atoms with Crippen LogP contribution in [-0.2, 0) is 6.42 Å². The highest BCUT2D eigenvalue weighted by Gasteiger charge is 2.56. The van der Waals surface area contributed by atoms with Crippen LogP contribution in [0, 0.1) is 11.8 Å². The number of aromatic amines is 1. The summed E-state index contributed by atoms with van der Waals surface area (Å²) < 4.78 is 0. The van der Waals surface area contributed by atoms with E-state index in [0.29, 0.717) is 23.7 Å². The van der Waals surface area contributed by atoms with E-state index in [0.717, 1.165) is 36.2 Å². The number of H-pyrrole nitrogens is 1. The lowest BCUT2D eigenvalue weighted by Crippen LogP contribution is -2.30. The molecule has 1 aromatic heterocycles. The zero-order chi connectivity index (χ0) is 20.2. The highest BCUT2D eigenvalue weighted by molar-refractivity contribution is 5.92. The molecule has 2 heterocycles. The normalized spacial score (nSPS) is 23.1. The summed E-state index contributed by atoms with van der Waals surface area (Å²) >= 11 is 0. The molecule has 0 amide bonds. The molecule has 2 aliphatic rings. The van der Waals surface area contributed by atoms with E-state index in [1.165, 1.54) is 0 Å². The molecule has 2 aromatic rings. The van der Waals surface area contributed by atoms with Crippen LogP contribution >= 0.6 is 0 Å². The first-order valence-electron chi connectivity index (χ1n) is 9.56. The summed E-state index contributed by atoms with van der Waals surface area (Å²) in [5.74, 6) is -0.414. The number of fused-ring (bicyclic) bond motifs is 1. The maximum atomic E-state index is 12.1. The Morgan fingerprint density at radius 2 is 1.82 bits per heavy atom. The first-order chi connectivity index (χ1) is 13.3. The van der Waals surface area contributed by atoms with Crippen molar-refractivity contribution in [1.82, 2.24) is 9.88 Å². The van der Waals surface area contributed by atoms with Crippen molar-refractivity contribution < 1.29 is 15.0 Å². The molecule has 3 atom stereocenters. The van der Waals surface area contributed by atoms with Gasteiger partial charge >= 0.3 is 5.97 Å². The van der Waals surface area contributed by atoms with Crippen LogP contribution in [0.1, 0.15) is 22.8 Å². The van der Waals surface area contributed by atoms with Gasteiger partial charge in [0.05, 0.1) is 5.69 Å². The first-order valence-corrected chi connectivity index (χ1v) is 9.56. The molecule has 0 unspecified atom stereocenters. The molecule has 3 N–H and O–H groups in total. The Morgan fingerprint density at radius 1 is 1.21 bits per heavy atom. The number of carbonyl (C=O) groups is 1. The van der Waals surface area contributed by atoms with E-state index < -0.39 is 22.8 Å². The van der Waals surface area contributed by atoms with Gasteiger partial charge in [-0.15, -0.1) is 0 Å². The molecule has 2 fully saturated rings. The lowest BCUT2D eigenvalue weighted by Gasteiger charge is -2.24. The smallest absolute Gasteiger partial charge is 0.345 e. The summed E-state index contributed by atoms with van der Waals surface area (Å²) in [5.41, 5.74) is 1.39. The largest absolute Gasteiger partial charge is 0.506 e. The fraction of sp³-hybridized carbons (Fsp3) is 0.429. The maximum Gasteiger partial charge on any atom is 0.345 e. The monoisotopic (exact) mass is 383 g/mol. The lowest BCUT2D eigenvalue weighted by atomic mass is 10.0. The summed E-state index contributed by atoms with van der Waals surface area (Å²) in [5, 5.41) is 19.5. The minimum absolute atomic E-state index is 0.404. The number of rotatable bonds is 5. The van der Waals surface area contributed by atoms with Gasteiger partial charge in [-0.3, -0.25) is 4.79 Å². The lowest BCUT2D eigenvalue weighted by molar-refractivity contribution is 0.0691. The summed E-state index contributed by atoms with van der Waals surface area (Å²) in [6, 6.07) is 8.55. The number of carboxylic acids is 1. The minimum atomic E-state index is -1.43. The molecule has 0 spiro atoms. The molecule has 1 aliphatic carbocycles. The standard InChI is InChI=1S/C21H25N3O4/c1-4-13-17(22-20(26)16(19(13)25)21(27)28)11-5-7-12(8-6-11)24-9-14-15(10-24)18(14)23(2)3/h5-8,14-15,18H,4,9-10H2,1-3H3,(H,27,28)(H2,22,25,26)/t14-,15+,18+.